The summed E-state index contributed by atoms with van der Waals surface area (Å²) in [4.78, 5) is 39.7. The van der Waals surface area contributed by atoms with E-state index in [2.05, 4.69) is 10.6 Å². The first kappa shape index (κ1) is 20.9. The monoisotopic (exact) mass is 411 g/mol. The van der Waals surface area contributed by atoms with Crippen molar-refractivity contribution in [2.45, 2.75) is 31.2 Å². The molecule has 1 unspecified atom stereocenters. The Morgan fingerprint density at radius 3 is 2.48 bits per heavy atom. The van der Waals surface area contributed by atoms with Crippen molar-refractivity contribution >= 4 is 29.6 Å². The second kappa shape index (κ2) is 8.69. The highest BCUT2D eigenvalue weighted by Crippen LogP contribution is 2.30. The number of rotatable bonds is 7. The van der Waals surface area contributed by atoms with Crippen molar-refractivity contribution in [3.63, 3.8) is 0 Å². The fraction of sp³-hybridized carbons (Fsp3) is 0.318. The van der Waals surface area contributed by atoms with Crippen LogP contribution in [0.25, 0.3) is 0 Å². The van der Waals surface area contributed by atoms with Crippen molar-refractivity contribution in [1.29, 1.82) is 0 Å². The van der Waals surface area contributed by atoms with E-state index in [1.807, 2.05) is 62.4 Å². The van der Waals surface area contributed by atoms with Gasteiger partial charge in [0.05, 0.1) is 0 Å². The highest BCUT2D eigenvalue weighted by molar-refractivity contribution is 7.99. The minimum atomic E-state index is -1.16. The first-order valence-electron chi connectivity index (χ1n) is 9.47. The van der Waals surface area contributed by atoms with Crippen molar-refractivity contribution in [2.24, 2.45) is 0 Å². The summed E-state index contributed by atoms with van der Waals surface area (Å²) in [6.45, 7) is 5.76. The van der Waals surface area contributed by atoms with Gasteiger partial charge in [-0.05, 0) is 44.0 Å². The van der Waals surface area contributed by atoms with Crippen LogP contribution < -0.4 is 10.6 Å². The van der Waals surface area contributed by atoms with Crippen LogP contribution in [-0.2, 0) is 15.1 Å². The van der Waals surface area contributed by atoms with Gasteiger partial charge in [0.25, 0.3) is 5.91 Å². The number of amides is 4. The van der Waals surface area contributed by atoms with Gasteiger partial charge >= 0.3 is 6.03 Å². The van der Waals surface area contributed by atoms with E-state index in [1.54, 1.807) is 18.7 Å². The molecule has 6 nitrogen and oxygen atoms in total. The number of carbonyl (C=O) groups is 3. The zero-order chi connectivity index (χ0) is 21.0. The summed E-state index contributed by atoms with van der Waals surface area (Å²) >= 11 is 1.64. The lowest BCUT2D eigenvalue weighted by Crippen LogP contribution is -2.43. The number of urea groups is 1. The molecule has 0 saturated carbocycles. The number of hydrogen-bond acceptors (Lipinski definition) is 4. The highest BCUT2D eigenvalue weighted by Gasteiger charge is 2.49. The summed E-state index contributed by atoms with van der Waals surface area (Å²) in [6.07, 6.45) is 0. The van der Waals surface area contributed by atoms with Gasteiger partial charge in [-0.2, -0.15) is 0 Å². The molecule has 1 atom stereocenters. The zero-order valence-electron chi connectivity index (χ0n) is 16.8. The fourth-order valence-electron chi connectivity index (χ4n) is 3.35. The first-order chi connectivity index (χ1) is 13.8. The molecule has 1 saturated heterocycles. The summed E-state index contributed by atoms with van der Waals surface area (Å²) in [5.41, 5.74) is 1.68. The summed E-state index contributed by atoms with van der Waals surface area (Å²) in [7, 11) is 0. The summed E-state index contributed by atoms with van der Waals surface area (Å²) in [6, 6.07) is 15.0. The Morgan fingerprint density at radius 2 is 1.79 bits per heavy atom. The summed E-state index contributed by atoms with van der Waals surface area (Å²) in [5, 5.41) is 5.52. The molecule has 4 amide bonds. The molecule has 29 heavy (non-hydrogen) atoms. The van der Waals surface area contributed by atoms with E-state index in [-0.39, 0.29) is 12.5 Å². The smallest absolute Gasteiger partial charge is 0.325 e. The van der Waals surface area contributed by atoms with Crippen molar-refractivity contribution in [1.82, 2.24) is 15.5 Å². The molecule has 2 N–H and O–H groups in total. The van der Waals surface area contributed by atoms with E-state index in [1.165, 1.54) is 5.56 Å². The van der Waals surface area contributed by atoms with Crippen LogP contribution in [0.15, 0.2) is 53.4 Å². The molecule has 0 aromatic heterocycles. The van der Waals surface area contributed by atoms with E-state index in [9.17, 15) is 14.4 Å². The standard InChI is InChI=1S/C22H25N3O3S/c1-15-8-10-17(11-9-15)29-13-12-23-19(26)14-25-20(27)22(3,24-21(25)28)18-7-5-4-6-16(18)2/h4-11H,12-14H2,1-3H3,(H,23,26)(H,24,28). The molecule has 1 fully saturated rings. The van der Waals surface area contributed by atoms with Gasteiger partial charge in [0.2, 0.25) is 5.91 Å². The predicted molar refractivity (Wildman–Crippen MR) is 114 cm³/mol. The maximum Gasteiger partial charge on any atom is 0.325 e. The molecule has 1 heterocycles. The number of aryl methyl sites for hydroxylation is 2. The molecule has 0 aliphatic carbocycles. The van der Waals surface area contributed by atoms with E-state index >= 15 is 0 Å². The number of nitrogens with one attached hydrogen (secondary N) is 2. The molecule has 7 heteroatoms. The lowest BCUT2D eigenvalue weighted by atomic mass is 9.88. The van der Waals surface area contributed by atoms with Crippen LogP contribution in [0.4, 0.5) is 4.79 Å². The molecule has 1 aliphatic rings. The van der Waals surface area contributed by atoms with Crippen molar-refractivity contribution in [3.8, 4) is 0 Å². The molecule has 1 aliphatic heterocycles. The van der Waals surface area contributed by atoms with E-state index in [0.717, 1.165) is 20.9 Å². The van der Waals surface area contributed by atoms with Gasteiger partial charge in [0.1, 0.15) is 12.1 Å². The second-order valence-corrected chi connectivity index (χ2v) is 8.44. The third-order valence-corrected chi connectivity index (χ3v) is 5.99. The molecule has 0 radical (unpaired) electrons. The Hall–Kier alpha value is -2.80. The molecule has 0 spiro atoms. The fourth-order valence-corrected chi connectivity index (χ4v) is 4.12. The van der Waals surface area contributed by atoms with Crippen LogP contribution in [0, 0.1) is 13.8 Å². The zero-order valence-corrected chi connectivity index (χ0v) is 17.6. The quantitative estimate of drug-likeness (QED) is 0.417. The van der Waals surface area contributed by atoms with Crippen LogP contribution in [-0.4, -0.2) is 41.6 Å². The SMILES string of the molecule is Cc1ccc(SCCNC(=O)CN2C(=O)NC(C)(c3ccccc3C)C2=O)cc1. The maximum absolute atomic E-state index is 12.9. The number of benzene rings is 2. The van der Waals surface area contributed by atoms with E-state index < -0.39 is 17.5 Å². The maximum atomic E-state index is 12.9. The number of hydrogen-bond donors (Lipinski definition) is 2. The minimum Gasteiger partial charge on any atom is -0.354 e. The topological polar surface area (TPSA) is 78.5 Å². The van der Waals surface area contributed by atoms with Gasteiger partial charge in [0, 0.05) is 17.2 Å². The van der Waals surface area contributed by atoms with Gasteiger partial charge in [0.15, 0.2) is 0 Å². The third kappa shape index (κ3) is 4.62. The predicted octanol–water partition coefficient (Wildman–Crippen LogP) is 2.98. The summed E-state index contributed by atoms with van der Waals surface area (Å²) < 4.78 is 0. The molecule has 2 aromatic carbocycles. The van der Waals surface area contributed by atoms with Crippen LogP contribution in [0.1, 0.15) is 23.6 Å². The van der Waals surface area contributed by atoms with Crippen LogP contribution in [0.5, 0.6) is 0 Å². The number of imide groups is 1. The molecule has 2 aromatic rings. The van der Waals surface area contributed by atoms with Crippen LogP contribution in [0.3, 0.4) is 0 Å². The largest absolute Gasteiger partial charge is 0.354 e. The Kier molecular flexibility index (Phi) is 6.27. The Morgan fingerprint density at radius 1 is 1.10 bits per heavy atom. The molecule has 3 rings (SSSR count). The number of thioether (sulfide) groups is 1. The average molecular weight is 412 g/mol. The molecule has 152 valence electrons. The minimum absolute atomic E-state index is 0.290. The van der Waals surface area contributed by atoms with E-state index in [0.29, 0.717) is 12.3 Å². The Bertz CT molecular complexity index is 929. The van der Waals surface area contributed by atoms with Crippen LogP contribution >= 0.6 is 11.8 Å². The average Bonchev–Trinajstić information content (AvgIpc) is 2.91. The second-order valence-electron chi connectivity index (χ2n) is 7.27. The summed E-state index contributed by atoms with van der Waals surface area (Å²) in [5.74, 6) is -0.0661. The van der Waals surface area contributed by atoms with Crippen molar-refractivity contribution in [2.75, 3.05) is 18.8 Å². The Labute approximate surface area is 175 Å². The van der Waals surface area contributed by atoms with Crippen molar-refractivity contribution in [3.05, 3.63) is 65.2 Å². The molecule has 0 bridgehead atoms. The lowest BCUT2D eigenvalue weighted by molar-refractivity contribution is -0.134. The highest BCUT2D eigenvalue weighted by atomic mass is 32.2. The van der Waals surface area contributed by atoms with Crippen LogP contribution in [0.2, 0.25) is 0 Å². The van der Waals surface area contributed by atoms with Gasteiger partial charge in [-0.1, -0.05) is 42.0 Å². The van der Waals surface area contributed by atoms with Gasteiger partial charge in [-0.3, -0.25) is 14.5 Å². The number of nitrogens with zero attached hydrogens (tertiary/aromatic N) is 1. The van der Waals surface area contributed by atoms with Gasteiger partial charge in [-0.25, -0.2) is 4.79 Å². The van der Waals surface area contributed by atoms with E-state index in [4.69, 9.17) is 0 Å². The lowest BCUT2D eigenvalue weighted by Gasteiger charge is -2.24. The third-order valence-electron chi connectivity index (χ3n) is 4.97. The first-order valence-corrected chi connectivity index (χ1v) is 10.5. The molecular weight excluding hydrogens is 386 g/mol. The van der Waals surface area contributed by atoms with Crippen molar-refractivity contribution < 1.29 is 14.4 Å². The normalized spacial score (nSPS) is 18.7. The number of carbonyl (C=O) groups excluding carboxylic acids is 3. The van der Waals surface area contributed by atoms with Gasteiger partial charge in [-0.15, -0.1) is 11.8 Å². The molecular formula is C22H25N3O3S. The van der Waals surface area contributed by atoms with Gasteiger partial charge < -0.3 is 10.6 Å². The Balaban J connectivity index is 1.53.